The van der Waals surface area contributed by atoms with Gasteiger partial charge in [-0.05, 0) is 31.0 Å². The van der Waals surface area contributed by atoms with Gasteiger partial charge in [0.05, 0.1) is 0 Å². The van der Waals surface area contributed by atoms with Crippen molar-refractivity contribution in [2.24, 2.45) is 11.8 Å². The lowest BCUT2D eigenvalue weighted by molar-refractivity contribution is -0.138. The molecule has 2 saturated heterocycles. The van der Waals surface area contributed by atoms with Gasteiger partial charge in [0.2, 0.25) is 11.8 Å². The molecule has 2 amide bonds. The van der Waals surface area contributed by atoms with Crippen LogP contribution in [0.4, 0.5) is 5.82 Å². The zero-order chi connectivity index (χ0) is 13.4. The van der Waals surface area contributed by atoms with Crippen molar-refractivity contribution < 1.29 is 9.59 Å². The standard InChI is InChI=1S/C14H17N3O2/c1-9-4-5-15-12(6-9)17-7-10(8-17)11-2-3-13(18)16-14(11)19/h4-6,10-11H,2-3,7-8H2,1H3,(H,16,18,19). The Morgan fingerprint density at radius 3 is 2.84 bits per heavy atom. The molecule has 5 heteroatoms. The number of piperidine rings is 1. The van der Waals surface area contributed by atoms with Crippen LogP contribution in [0.3, 0.4) is 0 Å². The lowest BCUT2D eigenvalue weighted by atomic mass is 9.80. The number of amides is 2. The molecule has 3 rings (SSSR count). The second-order valence-electron chi connectivity index (χ2n) is 5.41. The van der Waals surface area contributed by atoms with Gasteiger partial charge in [0.1, 0.15) is 5.82 Å². The van der Waals surface area contributed by atoms with Crippen LogP contribution in [0, 0.1) is 18.8 Å². The van der Waals surface area contributed by atoms with E-state index >= 15 is 0 Å². The third-order valence-corrected chi connectivity index (χ3v) is 3.99. The lowest BCUT2D eigenvalue weighted by Gasteiger charge is -2.44. The molecule has 0 aliphatic carbocycles. The first-order valence-corrected chi connectivity index (χ1v) is 6.65. The minimum Gasteiger partial charge on any atom is -0.356 e. The van der Waals surface area contributed by atoms with E-state index in [-0.39, 0.29) is 17.7 Å². The molecule has 0 spiro atoms. The second-order valence-corrected chi connectivity index (χ2v) is 5.41. The van der Waals surface area contributed by atoms with Crippen molar-refractivity contribution in [3.63, 3.8) is 0 Å². The molecular weight excluding hydrogens is 242 g/mol. The summed E-state index contributed by atoms with van der Waals surface area (Å²) in [6, 6.07) is 4.03. The van der Waals surface area contributed by atoms with E-state index in [1.165, 1.54) is 5.56 Å². The summed E-state index contributed by atoms with van der Waals surface area (Å²) in [4.78, 5) is 29.4. The smallest absolute Gasteiger partial charge is 0.230 e. The third kappa shape index (κ3) is 2.32. The summed E-state index contributed by atoms with van der Waals surface area (Å²) in [5, 5.41) is 2.43. The molecule has 1 atom stereocenters. The number of anilines is 1. The first-order chi connectivity index (χ1) is 9.13. The van der Waals surface area contributed by atoms with Crippen LogP contribution in [0.25, 0.3) is 0 Å². The molecule has 1 N–H and O–H groups in total. The third-order valence-electron chi connectivity index (χ3n) is 3.99. The summed E-state index contributed by atoms with van der Waals surface area (Å²) in [5.41, 5.74) is 1.19. The SMILES string of the molecule is Cc1ccnc(N2CC(C3CCC(=O)NC3=O)C2)c1. The fourth-order valence-corrected chi connectivity index (χ4v) is 2.81. The lowest BCUT2D eigenvalue weighted by Crippen LogP contribution is -2.55. The van der Waals surface area contributed by atoms with Crippen molar-refractivity contribution >= 4 is 17.6 Å². The van der Waals surface area contributed by atoms with E-state index in [0.29, 0.717) is 18.8 Å². The van der Waals surface area contributed by atoms with Crippen LogP contribution >= 0.6 is 0 Å². The maximum Gasteiger partial charge on any atom is 0.230 e. The normalized spacial score (nSPS) is 24.1. The second kappa shape index (κ2) is 4.64. The van der Waals surface area contributed by atoms with Crippen LogP contribution in [0.2, 0.25) is 0 Å². The Balaban J connectivity index is 1.61. The summed E-state index contributed by atoms with van der Waals surface area (Å²) >= 11 is 0. The molecule has 0 aromatic carbocycles. The van der Waals surface area contributed by atoms with E-state index in [0.717, 1.165) is 18.9 Å². The number of aryl methyl sites for hydroxylation is 1. The molecule has 100 valence electrons. The molecule has 3 heterocycles. The van der Waals surface area contributed by atoms with Crippen molar-refractivity contribution in [1.82, 2.24) is 10.3 Å². The highest BCUT2D eigenvalue weighted by atomic mass is 16.2. The number of hydrogen-bond acceptors (Lipinski definition) is 4. The number of aromatic nitrogens is 1. The van der Waals surface area contributed by atoms with Gasteiger partial charge in [0.25, 0.3) is 0 Å². The molecule has 5 nitrogen and oxygen atoms in total. The zero-order valence-electron chi connectivity index (χ0n) is 10.9. The highest BCUT2D eigenvalue weighted by molar-refractivity contribution is 5.98. The minimum atomic E-state index is -0.141. The van der Waals surface area contributed by atoms with Crippen LogP contribution < -0.4 is 10.2 Å². The van der Waals surface area contributed by atoms with Crippen LogP contribution in [-0.4, -0.2) is 29.9 Å². The van der Waals surface area contributed by atoms with Crippen molar-refractivity contribution in [1.29, 1.82) is 0 Å². The van der Waals surface area contributed by atoms with Gasteiger partial charge in [-0.25, -0.2) is 4.98 Å². The number of pyridine rings is 1. The van der Waals surface area contributed by atoms with Crippen LogP contribution in [0.15, 0.2) is 18.3 Å². The summed E-state index contributed by atoms with van der Waals surface area (Å²) < 4.78 is 0. The Morgan fingerprint density at radius 1 is 1.37 bits per heavy atom. The fourth-order valence-electron chi connectivity index (χ4n) is 2.81. The van der Waals surface area contributed by atoms with Crippen molar-refractivity contribution in [3.8, 4) is 0 Å². The molecule has 1 unspecified atom stereocenters. The molecular formula is C14H17N3O2. The van der Waals surface area contributed by atoms with E-state index in [2.05, 4.69) is 21.3 Å². The van der Waals surface area contributed by atoms with Gasteiger partial charge in [-0.2, -0.15) is 0 Å². The van der Waals surface area contributed by atoms with Crippen molar-refractivity contribution in [2.45, 2.75) is 19.8 Å². The van der Waals surface area contributed by atoms with Crippen LogP contribution in [0.1, 0.15) is 18.4 Å². The van der Waals surface area contributed by atoms with Gasteiger partial charge in [0, 0.05) is 37.5 Å². The van der Waals surface area contributed by atoms with Gasteiger partial charge in [-0.15, -0.1) is 0 Å². The maximum atomic E-state index is 11.8. The highest BCUT2D eigenvalue weighted by Crippen LogP contribution is 2.32. The zero-order valence-corrected chi connectivity index (χ0v) is 10.9. The number of imide groups is 1. The quantitative estimate of drug-likeness (QED) is 0.801. The molecule has 0 radical (unpaired) electrons. The summed E-state index contributed by atoms with van der Waals surface area (Å²) in [6.45, 7) is 3.74. The molecule has 19 heavy (non-hydrogen) atoms. The molecule has 2 aliphatic rings. The first-order valence-electron chi connectivity index (χ1n) is 6.65. The molecule has 1 aromatic rings. The Morgan fingerprint density at radius 2 is 2.16 bits per heavy atom. The highest BCUT2D eigenvalue weighted by Gasteiger charge is 2.40. The Hall–Kier alpha value is -1.91. The van der Waals surface area contributed by atoms with Gasteiger partial charge >= 0.3 is 0 Å². The molecule has 1 aromatic heterocycles. The summed E-state index contributed by atoms with van der Waals surface area (Å²) in [7, 11) is 0. The number of carbonyl (C=O) groups excluding carboxylic acids is 2. The van der Waals surface area contributed by atoms with Crippen LogP contribution in [0.5, 0.6) is 0 Å². The predicted molar refractivity (Wildman–Crippen MR) is 70.6 cm³/mol. The van der Waals surface area contributed by atoms with Crippen molar-refractivity contribution in [3.05, 3.63) is 23.9 Å². The van der Waals surface area contributed by atoms with Gasteiger partial charge < -0.3 is 4.90 Å². The Kier molecular flexibility index (Phi) is 2.97. The van der Waals surface area contributed by atoms with Gasteiger partial charge in [0.15, 0.2) is 0 Å². The topological polar surface area (TPSA) is 62.3 Å². The maximum absolute atomic E-state index is 11.8. The van der Waals surface area contributed by atoms with E-state index in [1.54, 1.807) is 0 Å². The predicted octanol–water partition coefficient (Wildman–Crippen LogP) is 0.879. The number of carbonyl (C=O) groups is 2. The average molecular weight is 259 g/mol. The number of rotatable bonds is 2. The van der Waals surface area contributed by atoms with E-state index in [4.69, 9.17) is 0 Å². The Bertz CT molecular complexity index is 523. The number of nitrogens with one attached hydrogen (secondary N) is 1. The molecule has 0 saturated carbocycles. The average Bonchev–Trinajstić information content (AvgIpc) is 2.30. The fraction of sp³-hybridized carbons (Fsp3) is 0.500. The molecule has 0 bridgehead atoms. The van der Waals surface area contributed by atoms with Crippen LogP contribution in [-0.2, 0) is 9.59 Å². The van der Waals surface area contributed by atoms with Gasteiger partial charge in [-0.1, -0.05) is 0 Å². The van der Waals surface area contributed by atoms with Crippen molar-refractivity contribution in [2.75, 3.05) is 18.0 Å². The summed E-state index contributed by atoms with van der Waals surface area (Å²) in [6.07, 6.45) is 2.96. The van der Waals surface area contributed by atoms with E-state index in [9.17, 15) is 9.59 Å². The van der Waals surface area contributed by atoms with Gasteiger partial charge in [-0.3, -0.25) is 14.9 Å². The Labute approximate surface area is 112 Å². The van der Waals surface area contributed by atoms with E-state index < -0.39 is 0 Å². The summed E-state index contributed by atoms with van der Waals surface area (Å²) in [5.74, 6) is 1.06. The molecule has 2 aliphatic heterocycles. The number of nitrogens with zero attached hydrogens (tertiary/aromatic N) is 2. The minimum absolute atomic E-state index is 0.0150. The first kappa shape index (κ1) is 12.1. The molecule has 2 fully saturated rings. The van der Waals surface area contributed by atoms with E-state index in [1.807, 2.05) is 19.2 Å². The largest absolute Gasteiger partial charge is 0.356 e. The monoisotopic (exact) mass is 259 g/mol. The number of hydrogen-bond donors (Lipinski definition) is 1.